The summed E-state index contributed by atoms with van der Waals surface area (Å²) in [6, 6.07) is 18.5. The van der Waals surface area contributed by atoms with Gasteiger partial charge in [0.15, 0.2) is 5.96 Å². The number of aliphatic imine (C=N–C) groups is 1. The quantitative estimate of drug-likeness (QED) is 0.340. The number of halogens is 1. The Morgan fingerprint density at radius 2 is 1.69 bits per heavy atom. The minimum atomic E-state index is 0. The van der Waals surface area contributed by atoms with Gasteiger partial charge in [0.1, 0.15) is 11.9 Å². The molecule has 1 fully saturated rings. The Labute approximate surface area is 191 Å². The summed E-state index contributed by atoms with van der Waals surface area (Å²) in [7, 11) is 1.85. The van der Waals surface area contributed by atoms with E-state index < -0.39 is 0 Å². The van der Waals surface area contributed by atoms with Gasteiger partial charge >= 0.3 is 0 Å². The molecule has 1 saturated heterocycles. The van der Waals surface area contributed by atoms with Crippen molar-refractivity contribution >= 4 is 29.9 Å². The topological polar surface area (TPSA) is 46.1 Å². The lowest BCUT2D eigenvalue weighted by Crippen LogP contribution is -2.47. The van der Waals surface area contributed by atoms with Gasteiger partial charge in [0.25, 0.3) is 0 Å². The summed E-state index contributed by atoms with van der Waals surface area (Å²) in [6.07, 6.45) is 2.26. The molecular weight excluding hydrogens is 477 g/mol. The zero-order valence-corrected chi connectivity index (χ0v) is 19.7. The molecule has 0 spiro atoms. The predicted octanol–water partition coefficient (Wildman–Crippen LogP) is 4.46. The molecule has 158 valence electrons. The molecule has 2 aromatic carbocycles. The summed E-state index contributed by atoms with van der Waals surface area (Å²) in [5.41, 5.74) is 2.47. The van der Waals surface area contributed by atoms with E-state index in [1.807, 2.05) is 44.3 Å². The summed E-state index contributed by atoms with van der Waals surface area (Å²) >= 11 is 0. The van der Waals surface area contributed by atoms with E-state index in [2.05, 4.69) is 39.5 Å². The van der Waals surface area contributed by atoms with E-state index >= 15 is 0 Å². The van der Waals surface area contributed by atoms with E-state index in [1.54, 1.807) is 0 Å². The van der Waals surface area contributed by atoms with E-state index in [9.17, 15) is 0 Å². The van der Waals surface area contributed by atoms with Gasteiger partial charge in [-0.1, -0.05) is 42.5 Å². The smallest absolute Gasteiger partial charge is 0.193 e. The molecule has 5 nitrogen and oxygen atoms in total. The first kappa shape index (κ1) is 23.5. The fraction of sp³-hybridized carbons (Fsp3) is 0.435. The number of benzene rings is 2. The standard InChI is InChI=1S/C23H31N3O2.HI/c1-3-27-18-20-10-8-7-9-19(20)17-25-23(24-2)26-15-13-22(14-16-26)28-21-11-5-4-6-12-21;/h4-12,22H,3,13-18H2,1-2H3,(H,24,25);1H. The van der Waals surface area contributed by atoms with Gasteiger partial charge in [0.05, 0.1) is 6.61 Å². The largest absolute Gasteiger partial charge is 0.490 e. The molecule has 0 aliphatic carbocycles. The lowest BCUT2D eigenvalue weighted by Gasteiger charge is -2.34. The van der Waals surface area contributed by atoms with Crippen LogP contribution in [0.15, 0.2) is 59.6 Å². The Morgan fingerprint density at radius 3 is 2.34 bits per heavy atom. The number of nitrogens with zero attached hydrogens (tertiary/aromatic N) is 2. The summed E-state index contributed by atoms with van der Waals surface area (Å²) in [6.45, 7) is 6.03. The van der Waals surface area contributed by atoms with Gasteiger partial charge in [0.2, 0.25) is 0 Å². The minimum Gasteiger partial charge on any atom is -0.490 e. The molecule has 0 amide bonds. The second-order valence-electron chi connectivity index (χ2n) is 6.92. The number of nitrogens with one attached hydrogen (secondary N) is 1. The van der Waals surface area contributed by atoms with E-state index in [1.165, 1.54) is 11.1 Å². The molecule has 1 heterocycles. The van der Waals surface area contributed by atoms with Crippen LogP contribution >= 0.6 is 24.0 Å². The lowest BCUT2D eigenvalue weighted by atomic mass is 10.1. The Balaban J connectivity index is 0.00000300. The van der Waals surface area contributed by atoms with E-state index in [0.717, 1.165) is 50.8 Å². The predicted molar refractivity (Wildman–Crippen MR) is 129 cm³/mol. The number of guanidine groups is 1. The maximum Gasteiger partial charge on any atom is 0.193 e. The molecule has 0 unspecified atom stereocenters. The molecule has 0 radical (unpaired) electrons. The Morgan fingerprint density at radius 1 is 1.03 bits per heavy atom. The van der Waals surface area contributed by atoms with E-state index in [-0.39, 0.29) is 30.1 Å². The van der Waals surface area contributed by atoms with Gasteiger partial charge in [0, 0.05) is 46.1 Å². The molecule has 29 heavy (non-hydrogen) atoms. The van der Waals surface area contributed by atoms with Crippen LogP contribution in [0.3, 0.4) is 0 Å². The van der Waals surface area contributed by atoms with Crippen LogP contribution < -0.4 is 10.1 Å². The van der Waals surface area contributed by atoms with Crippen molar-refractivity contribution in [2.75, 3.05) is 26.7 Å². The Hall–Kier alpha value is -1.80. The normalized spacial score (nSPS) is 15.0. The Bertz CT molecular complexity index is 747. The van der Waals surface area contributed by atoms with Crippen LogP contribution in [0.25, 0.3) is 0 Å². The average molecular weight is 509 g/mol. The Kier molecular flexibility index (Phi) is 10.3. The van der Waals surface area contributed by atoms with Crippen molar-refractivity contribution in [3.63, 3.8) is 0 Å². The van der Waals surface area contributed by atoms with Crippen molar-refractivity contribution in [3.05, 3.63) is 65.7 Å². The van der Waals surface area contributed by atoms with Crippen molar-refractivity contribution in [1.82, 2.24) is 10.2 Å². The summed E-state index contributed by atoms with van der Waals surface area (Å²) in [4.78, 5) is 6.80. The number of ether oxygens (including phenoxy) is 2. The van der Waals surface area contributed by atoms with E-state index in [4.69, 9.17) is 9.47 Å². The molecule has 1 aliphatic rings. The fourth-order valence-corrected chi connectivity index (χ4v) is 3.47. The van der Waals surface area contributed by atoms with Crippen molar-refractivity contribution < 1.29 is 9.47 Å². The maximum atomic E-state index is 6.10. The average Bonchev–Trinajstić information content (AvgIpc) is 2.75. The van der Waals surface area contributed by atoms with Crippen LogP contribution in [-0.2, 0) is 17.9 Å². The molecule has 1 N–H and O–H groups in total. The molecule has 0 saturated carbocycles. The highest BCUT2D eigenvalue weighted by Crippen LogP contribution is 2.19. The first-order valence-corrected chi connectivity index (χ1v) is 10.1. The minimum absolute atomic E-state index is 0. The van der Waals surface area contributed by atoms with Crippen LogP contribution in [0.5, 0.6) is 5.75 Å². The van der Waals surface area contributed by atoms with Crippen LogP contribution in [0, 0.1) is 0 Å². The van der Waals surface area contributed by atoms with E-state index in [0.29, 0.717) is 6.61 Å². The second-order valence-corrected chi connectivity index (χ2v) is 6.92. The number of rotatable bonds is 7. The van der Waals surface area contributed by atoms with Crippen LogP contribution in [0.2, 0.25) is 0 Å². The van der Waals surface area contributed by atoms with Crippen molar-refractivity contribution in [3.8, 4) is 5.75 Å². The number of hydrogen-bond acceptors (Lipinski definition) is 3. The second kappa shape index (κ2) is 12.7. The van der Waals surface area contributed by atoms with Crippen LogP contribution in [0.4, 0.5) is 0 Å². The number of para-hydroxylation sites is 1. The number of hydrogen-bond donors (Lipinski definition) is 1. The van der Waals surface area contributed by atoms with Crippen molar-refractivity contribution in [2.24, 2.45) is 4.99 Å². The molecule has 1 aliphatic heterocycles. The molecule has 2 aromatic rings. The molecule has 6 heteroatoms. The maximum absolute atomic E-state index is 6.10. The molecule has 0 bridgehead atoms. The summed E-state index contributed by atoms with van der Waals surface area (Å²) < 4.78 is 11.7. The van der Waals surface area contributed by atoms with Gasteiger partial charge < -0.3 is 19.7 Å². The summed E-state index contributed by atoms with van der Waals surface area (Å²) in [5, 5.41) is 3.52. The third-order valence-corrected chi connectivity index (χ3v) is 5.02. The first-order valence-electron chi connectivity index (χ1n) is 10.1. The SMILES string of the molecule is CCOCc1ccccc1CNC(=NC)N1CCC(Oc2ccccc2)CC1.I. The lowest BCUT2D eigenvalue weighted by molar-refractivity contribution is 0.129. The zero-order valence-electron chi connectivity index (χ0n) is 17.3. The van der Waals surface area contributed by atoms with Crippen LogP contribution in [-0.4, -0.2) is 43.7 Å². The highest BCUT2D eigenvalue weighted by atomic mass is 127. The number of likely N-dealkylation sites (tertiary alicyclic amines) is 1. The highest BCUT2D eigenvalue weighted by Gasteiger charge is 2.22. The van der Waals surface area contributed by atoms with Crippen molar-refractivity contribution in [1.29, 1.82) is 0 Å². The van der Waals surface area contributed by atoms with Crippen LogP contribution in [0.1, 0.15) is 30.9 Å². The monoisotopic (exact) mass is 509 g/mol. The molecule has 0 atom stereocenters. The fourth-order valence-electron chi connectivity index (χ4n) is 3.47. The third-order valence-electron chi connectivity index (χ3n) is 5.02. The highest BCUT2D eigenvalue weighted by molar-refractivity contribution is 14.0. The molecular formula is C23H32IN3O2. The van der Waals surface area contributed by atoms with Gasteiger partial charge in [-0.25, -0.2) is 0 Å². The van der Waals surface area contributed by atoms with Gasteiger partial charge in [-0.2, -0.15) is 0 Å². The molecule has 0 aromatic heterocycles. The van der Waals surface area contributed by atoms with Gasteiger partial charge in [-0.05, 0) is 30.2 Å². The van der Waals surface area contributed by atoms with Gasteiger partial charge in [-0.3, -0.25) is 4.99 Å². The van der Waals surface area contributed by atoms with Crippen molar-refractivity contribution in [2.45, 2.75) is 39.0 Å². The molecule has 3 rings (SSSR count). The zero-order chi connectivity index (χ0) is 19.6. The third kappa shape index (κ3) is 7.19. The number of piperidine rings is 1. The summed E-state index contributed by atoms with van der Waals surface area (Å²) in [5.74, 6) is 1.90. The van der Waals surface area contributed by atoms with Gasteiger partial charge in [-0.15, -0.1) is 24.0 Å². The first-order chi connectivity index (χ1) is 13.8.